The largest absolute Gasteiger partial charge is 0.384 e. The maximum atomic E-state index is 5.86. The summed E-state index contributed by atoms with van der Waals surface area (Å²) in [4.78, 5) is 15.9. The summed E-state index contributed by atoms with van der Waals surface area (Å²) in [6.45, 7) is 4.98. The first-order valence-electron chi connectivity index (χ1n) is 9.57. The Hall–Kier alpha value is -3.61. The van der Waals surface area contributed by atoms with E-state index in [9.17, 15) is 0 Å². The predicted molar refractivity (Wildman–Crippen MR) is 119 cm³/mol. The molecule has 29 heavy (non-hydrogen) atoms. The molecule has 0 spiro atoms. The topological polar surface area (TPSA) is 98.9 Å². The van der Waals surface area contributed by atoms with E-state index in [1.54, 1.807) is 12.1 Å². The third-order valence-corrected chi connectivity index (χ3v) is 5.22. The zero-order valence-electron chi connectivity index (χ0n) is 16.9. The average molecular weight is 387 g/mol. The highest BCUT2D eigenvalue weighted by molar-refractivity contribution is 5.77. The number of hydrogen-bond acceptors (Lipinski definition) is 6. The number of hydrogen-bond donors (Lipinski definition) is 2. The van der Waals surface area contributed by atoms with Crippen LogP contribution in [0.25, 0.3) is 22.4 Å². The molecule has 7 heteroatoms. The van der Waals surface area contributed by atoms with Crippen LogP contribution < -0.4 is 16.4 Å². The second-order valence-corrected chi connectivity index (χ2v) is 7.31. The lowest BCUT2D eigenvalue weighted by Gasteiger charge is -2.27. The van der Waals surface area contributed by atoms with Gasteiger partial charge in [-0.3, -0.25) is 0 Å². The maximum Gasteiger partial charge on any atom is 0.160 e. The van der Waals surface area contributed by atoms with Crippen LogP contribution in [-0.2, 0) is 6.54 Å². The van der Waals surface area contributed by atoms with E-state index in [4.69, 9.17) is 16.5 Å². The van der Waals surface area contributed by atoms with E-state index in [1.807, 2.05) is 25.1 Å². The van der Waals surface area contributed by atoms with Crippen molar-refractivity contribution in [1.82, 2.24) is 19.5 Å². The van der Waals surface area contributed by atoms with E-state index < -0.39 is 0 Å². The van der Waals surface area contributed by atoms with E-state index >= 15 is 0 Å². The van der Waals surface area contributed by atoms with Crippen molar-refractivity contribution in [1.29, 1.82) is 0 Å². The molecule has 3 heterocycles. The van der Waals surface area contributed by atoms with Crippen LogP contribution in [0.3, 0.4) is 0 Å². The molecule has 7 nitrogen and oxygen atoms in total. The fraction of sp³-hybridized carbons (Fsp3) is 0.227. The van der Waals surface area contributed by atoms with Gasteiger partial charge >= 0.3 is 0 Å². The molecule has 0 fully saturated rings. The minimum absolute atomic E-state index is 0.256. The van der Waals surface area contributed by atoms with Gasteiger partial charge in [-0.1, -0.05) is 18.2 Å². The molecule has 0 aliphatic carbocycles. The van der Waals surface area contributed by atoms with Gasteiger partial charge in [-0.25, -0.2) is 15.0 Å². The molecule has 4 N–H and O–H groups in total. The van der Waals surface area contributed by atoms with Crippen molar-refractivity contribution >= 4 is 28.5 Å². The number of likely N-dealkylation sites (N-methyl/N-ethyl adjacent to an activating group) is 1. The Morgan fingerprint density at radius 1 is 0.966 bits per heavy atom. The molecule has 0 unspecified atom stereocenters. The fourth-order valence-electron chi connectivity index (χ4n) is 3.52. The van der Waals surface area contributed by atoms with Gasteiger partial charge in [0.15, 0.2) is 5.65 Å². The maximum absolute atomic E-state index is 5.86. The molecule has 1 atom stereocenters. The first-order chi connectivity index (χ1) is 13.9. The molecule has 0 saturated carbocycles. The van der Waals surface area contributed by atoms with Gasteiger partial charge in [-0.15, -0.1) is 0 Å². The summed E-state index contributed by atoms with van der Waals surface area (Å²) in [5.74, 6) is 1.70. The van der Waals surface area contributed by atoms with Gasteiger partial charge in [0.05, 0.1) is 5.69 Å². The standard InChI is InChI=1S/C22H25N7/c1-14(28(3)17-7-5-4-6-8-17)13-29-15(2)25-19-10-9-18(26-22(19)29)16-11-20(23)27-21(24)12-16/h4-12,14H,13H2,1-3H3,(H4,23,24,27)/t14-/m0/s1. The molecular formula is C22H25N7. The number of rotatable bonds is 5. The lowest BCUT2D eigenvalue weighted by molar-refractivity contribution is 0.561. The third kappa shape index (κ3) is 3.71. The van der Waals surface area contributed by atoms with Crippen molar-refractivity contribution in [2.24, 2.45) is 0 Å². The number of aromatic nitrogens is 4. The first-order valence-corrected chi connectivity index (χ1v) is 9.57. The molecule has 0 bridgehead atoms. The van der Waals surface area contributed by atoms with Crippen LogP contribution in [-0.4, -0.2) is 32.6 Å². The first kappa shape index (κ1) is 18.7. The smallest absolute Gasteiger partial charge is 0.160 e. The predicted octanol–water partition coefficient (Wildman–Crippen LogP) is 3.49. The molecule has 3 aromatic heterocycles. The molecule has 0 amide bonds. The summed E-state index contributed by atoms with van der Waals surface area (Å²) in [5.41, 5.74) is 16.3. The van der Waals surface area contributed by atoms with E-state index in [-0.39, 0.29) is 6.04 Å². The quantitative estimate of drug-likeness (QED) is 0.544. The fourth-order valence-corrected chi connectivity index (χ4v) is 3.52. The Balaban J connectivity index is 1.70. The molecule has 4 rings (SSSR count). The van der Waals surface area contributed by atoms with Crippen molar-refractivity contribution in [3.8, 4) is 11.3 Å². The lowest BCUT2D eigenvalue weighted by atomic mass is 10.1. The molecule has 148 valence electrons. The lowest BCUT2D eigenvalue weighted by Crippen LogP contribution is -2.33. The Morgan fingerprint density at radius 2 is 1.66 bits per heavy atom. The van der Waals surface area contributed by atoms with Gasteiger partial charge in [-0.05, 0) is 50.2 Å². The highest BCUT2D eigenvalue weighted by atomic mass is 15.2. The van der Waals surface area contributed by atoms with Crippen LogP contribution >= 0.6 is 0 Å². The second kappa shape index (κ2) is 7.43. The van der Waals surface area contributed by atoms with Gasteiger partial charge in [0, 0.05) is 30.9 Å². The minimum atomic E-state index is 0.256. The van der Waals surface area contributed by atoms with Crippen LogP contribution in [0.1, 0.15) is 12.7 Å². The number of nitrogens with zero attached hydrogens (tertiary/aromatic N) is 5. The Morgan fingerprint density at radius 3 is 2.34 bits per heavy atom. The molecule has 1 aromatic carbocycles. The number of aryl methyl sites for hydroxylation is 1. The molecule has 4 aromatic rings. The summed E-state index contributed by atoms with van der Waals surface area (Å²) in [5, 5.41) is 0. The van der Waals surface area contributed by atoms with Gasteiger partial charge < -0.3 is 20.9 Å². The molecular weight excluding hydrogens is 362 g/mol. The monoisotopic (exact) mass is 387 g/mol. The van der Waals surface area contributed by atoms with E-state index in [2.05, 4.69) is 57.7 Å². The molecule has 0 aliphatic rings. The molecule has 0 aliphatic heterocycles. The zero-order chi connectivity index (χ0) is 20.5. The summed E-state index contributed by atoms with van der Waals surface area (Å²) >= 11 is 0. The van der Waals surface area contributed by atoms with Crippen LogP contribution in [0.2, 0.25) is 0 Å². The van der Waals surface area contributed by atoms with Crippen molar-refractivity contribution in [2.45, 2.75) is 26.4 Å². The van der Waals surface area contributed by atoms with Crippen LogP contribution in [0.15, 0.2) is 54.6 Å². The van der Waals surface area contributed by atoms with Gasteiger partial charge in [-0.2, -0.15) is 0 Å². The Labute approximate surface area is 170 Å². The normalized spacial score (nSPS) is 12.2. The number of anilines is 3. The van der Waals surface area contributed by atoms with Gasteiger partial charge in [0.25, 0.3) is 0 Å². The van der Waals surface area contributed by atoms with Crippen molar-refractivity contribution in [3.63, 3.8) is 0 Å². The van der Waals surface area contributed by atoms with Gasteiger partial charge in [0.1, 0.15) is 23.0 Å². The number of fused-ring (bicyclic) bond motifs is 1. The molecule has 0 saturated heterocycles. The summed E-state index contributed by atoms with van der Waals surface area (Å²) in [6.07, 6.45) is 0. The number of pyridine rings is 2. The van der Waals surface area contributed by atoms with E-state index in [0.717, 1.165) is 34.8 Å². The summed E-state index contributed by atoms with van der Waals surface area (Å²) < 4.78 is 2.16. The van der Waals surface area contributed by atoms with Crippen molar-refractivity contribution in [3.05, 3.63) is 60.4 Å². The SMILES string of the molecule is Cc1nc2ccc(-c3cc(N)nc(N)c3)nc2n1C[C@H](C)N(C)c1ccccc1. The third-order valence-electron chi connectivity index (χ3n) is 5.22. The summed E-state index contributed by atoms with van der Waals surface area (Å²) in [7, 11) is 2.11. The highest BCUT2D eigenvalue weighted by Gasteiger charge is 2.16. The number of nitrogens with two attached hydrogens (primary N) is 2. The zero-order valence-corrected chi connectivity index (χ0v) is 16.9. The van der Waals surface area contributed by atoms with Crippen molar-refractivity contribution < 1.29 is 0 Å². The minimum Gasteiger partial charge on any atom is -0.384 e. The Bertz CT molecular complexity index is 1130. The van der Waals surface area contributed by atoms with Crippen molar-refractivity contribution in [2.75, 3.05) is 23.4 Å². The van der Waals surface area contributed by atoms with Gasteiger partial charge in [0.2, 0.25) is 0 Å². The van der Waals surface area contributed by atoms with Crippen LogP contribution in [0.4, 0.5) is 17.3 Å². The number of para-hydroxylation sites is 1. The van der Waals surface area contributed by atoms with E-state index in [1.165, 1.54) is 5.69 Å². The number of imidazole rings is 1. The van der Waals surface area contributed by atoms with Crippen LogP contribution in [0.5, 0.6) is 0 Å². The number of nitrogen functional groups attached to an aromatic ring is 2. The van der Waals surface area contributed by atoms with E-state index in [0.29, 0.717) is 11.6 Å². The number of benzene rings is 1. The molecule has 0 radical (unpaired) electrons. The Kier molecular flexibility index (Phi) is 4.80. The highest BCUT2D eigenvalue weighted by Crippen LogP contribution is 2.25. The summed E-state index contributed by atoms with van der Waals surface area (Å²) in [6, 6.07) is 18.1. The average Bonchev–Trinajstić information content (AvgIpc) is 3.01. The second-order valence-electron chi connectivity index (χ2n) is 7.31. The van der Waals surface area contributed by atoms with Crippen LogP contribution in [0, 0.1) is 6.92 Å².